The van der Waals surface area contributed by atoms with Crippen LogP contribution in [0.3, 0.4) is 0 Å². The minimum absolute atomic E-state index is 0.0333. The summed E-state index contributed by atoms with van der Waals surface area (Å²) in [7, 11) is 1.61. The Bertz CT molecular complexity index is 505. The van der Waals surface area contributed by atoms with Crippen LogP contribution in [0.1, 0.15) is 38.3 Å². The average Bonchev–Trinajstić information content (AvgIpc) is 2.41. The molecular weight excluding hydrogens is 240 g/mol. The molecule has 104 valence electrons. The van der Waals surface area contributed by atoms with Crippen molar-refractivity contribution in [3.05, 3.63) is 35.4 Å². The molecule has 2 rings (SSSR count). The monoisotopic (exact) mass is 262 g/mol. The highest BCUT2D eigenvalue weighted by atomic mass is 16.5. The predicted molar refractivity (Wildman–Crippen MR) is 76.0 cm³/mol. The van der Waals surface area contributed by atoms with Crippen molar-refractivity contribution in [1.82, 2.24) is 0 Å². The number of ether oxygens (including phenoxy) is 1. The third-order valence-corrected chi connectivity index (χ3v) is 4.44. The van der Waals surface area contributed by atoms with Crippen LogP contribution in [-0.2, 0) is 5.60 Å². The number of hydrogen-bond donors (Lipinski definition) is 2. The van der Waals surface area contributed by atoms with Gasteiger partial charge in [-0.3, -0.25) is 0 Å². The molecule has 0 aromatic heterocycles. The first-order valence-corrected chi connectivity index (χ1v) is 6.69. The molecular formula is C16H22O3. The van der Waals surface area contributed by atoms with E-state index in [4.69, 9.17) is 4.74 Å². The summed E-state index contributed by atoms with van der Waals surface area (Å²) in [6, 6.07) is 5.50. The van der Waals surface area contributed by atoms with E-state index in [9.17, 15) is 10.2 Å². The van der Waals surface area contributed by atoms with Gasteiger partial charge in [-0.15, -0.1) is 0 Å². The zero-order valence-electron chi connectivity index (χ0n) is 12.0. The van der Waals surface area contributed by atoms with Gasteiger partial charge in [-0.25, -0.2) is 0 Å². The van der Waals surface area contributed by atoms with Crippen molar-refractivity contribution in [1.29, 1.82) is 0 Å². The minimum Gasteiger partial charge on any atom is -0.497 e. The normalized spacial score (nSPS) is 30.8. The SMILES string of the molecule is CCC(C)C1(O)C=Cc2cc(OC)ccc2C1(C)O. The van der Waals surface area contributed by atoms with Gasteiger partial charge in [0.25, 0.3) is 0 Å². The lowest BCUT2D eigenvalue weighted by molar-refractivity contribution is -0.146. The third-order valence-electron chi connectivity index (χ3n) is 4.44. The molecule has 1 aromatic rings. The van der Waals surface area contributed by atoms with Crippen molar-refractivity contribution in [2.24, 2.45) is 5.92 Å². The Kier molecular flexibility index (Phi) is 3.45. The second-order valence-electron chi connectivity index (χ2n) is 5.49. The van der Waals surface area contributed by atoms with E-state index in [1.807, 2.05) is 38.1 Å². The molecule has 19 heavy (non-hydrogen) atoms. The van der Waals surface area contributed by atoms with Gasteiger partial charge in [-0.2, -0.15) is 0 Å². The molecule has 0 saturated heterocycles. The standard InChI is InChI=1S/C16H22O3/c1-5-11(2)16(18)9-8-12-10-13(19-4)6-7-14(12)15(16,3)17/h6-11,17-18H,5H2,1-4H3. The molecule has 2 N–H and O–H groups in total. The molecule has 3 atom stereocenters. The number of hydrogen-bond acceptors (Lipinski definition) is 3. The summed E-state index contributed by atoms with van der Waals surface area (Å²) < 4.78 is 5.19. The van der Waals surface area contributed by atoms with Crippen LogP contribution < -0.4 is 4.74 Å². The zero-order valence-corrected chi connectivity index (χ0v) is 12.0. The Labute approximate surface area is 114 Å². The molecule has 3 unspecified atom stereocenters. The van der Waals surface area contributed by atoms with Gasteiger partial charge < -0.3 is 14.9 Å². The first kappa shape index (κ1) is 14.1. The maximum Gasteiger partial charge on any atom is 0.120 e. The van der Waals surface area contributed by atoms with E-state index >= 15 is 0 Å². The number of aliphatic hydroxyl groups is 2. The Balaban J connectivity index is 2.55. The molecule has 1 aromatic carbocycles. The second-order valence-corrected chi connectivity index (χ2v) is 5.49. The number of benzene rings is 1. The van der Waals surface area contributed by atoms with Crippen molar-refractivity contribution < 1.29 is 14.9 Å². The minimum atomic E-state index is -1.31. The second kappa shape index (κ2) is 4.66. The molecule has 0 fully saturated rings. The van der Waals surface area contributed by atoms with Crippen molar-refractivity contribution >= 4 is 6.08 Å². The van der Waals surface area contributed by atoms with Crippen LogP contribution in [-0.4, -0.2) is 22.9 Å². The number of fused-ring (bicyclic) bond motifs is 1. The molecule has 0 heterocycles. The Morgan fingerprint density at radius 2 is 2.00 bits per heavy atom. The fourth-order valence-electron chi connectivity index (χ4n) is 2.80. The van der Waals surface area contributed by atoms with Crippen molar-refractivity contribution in [3.63, 3.8) is 0 Å². The van der Waals surface area contributed by atoms with E-state index in [1.54, 1.807) is 20.1 Å². The quantitative estimate of drug-likeness (QED) is 0.880. The summed E-state index contributed by atoms with van der Waals surface area (Å²) in [6.07, 6.45) is 4.37. The fraction of sp³-hybridized carbons (Fsp3) is 0.500. The van der Waals surface area contributed by atoms with Crippen LogP contribution in [0.4, 0.5) is 0 Å². The van der Waals surface area contributed by atoms with E-state index in [0.717, 1.165) is 23.3 Å². The van der Waals surface area contributed by atoms with Crippen LogP contribution in [0.5, 0.6) is 5.75 Å². The van der Waals surface area contributed by atoms with Gasteiger partial charge in [0.1, 0.15) is 17.0 Å². The molecule has 0 radical (unpaired) electrons. The molecule has 1 aliphatic carbocycles. The van der Waals surface area contributed by atoms with Gasteiger partial charge in [-0.1, -0.05) is 32.4 Å². The van der Waals surface area contributed by atoms with Gasteiger partial charge in [0.2, 0.25) is 0 Å². The first-order chi connectivity index (χ1) is 8.86. The lowest BCUT2D eigenvalue weighted by Crippen LogP contribution is -2.54. The van der Waals surface area contributed by atoms with Gasteiger partial charge in [-0.05, 0) is 42.2 Å². The molecule has 0 aliphatic heterocycles. The topological polar surface area (TPSA) is 49.7 Å². The smallest absolute Gasteiger partial charge is 0.120 e. The van der Waals surface area contributed by atoms with Crippen molar-refractivity contribution in [2.75, 3.05) is 7.11 Å². The van der Waals surface area contributed by atoms with Crippen LogP contribution >= 0.6 is 0 Å². The lowest BCUT2D eigenvalue weighted by Gasteiger charge is -2.46. The summed E-state index contributed by atoms with van der Waals surface area (Å²) in [5.74, 6) is 0.710. The Hall–Kier alpha value is -1.32. The van der Waals surface area contributed by atoms with E-state index in [0.29, 0.717) is 0 Å². The van der Waals surface area contributed by atoms with Crippen LogP contribution in [0.15, 0.2) is 24.3 Å². The lowest BCUT2D eigenvalue weighted by atomic mass is 9.67. The zero-order chi connectivity index (χ0) is 14.3. The average molecular weight is 262 g/mol. The van der Waals surface area contributed by atoms with Gasteiger partial charge in [0.05, 0.1) is 7.11 Å². The Morgan fingerprint density at radius 3 is 2.58 bits per heavy atom. The van der Waals surface area contributed by atoms with Crippen LogP contribution in [0.2, 0.25) is 0 Å². The van der Waals surface area contributed by atoms with Crippen molar-refractivity contribution in [3.8, 4) is 5.75 Å². The molecule has 0 spiro atoms. The molecule has 0 bridgehead atoms. The first-order valence-electron chi connectivity index (χ1n) is 6.69. The highest BCUT2D eigenvalue weighted by Crippen LogP contribution is 2.45. The highest BCUT2D eigenvalue weighted by molar-refractivity contribution is 5.63. The summed E-state index contributed by atoms with van der Waals surface area (Å²) in [6.45, 7) is 5.64. The van der Waals surface area contributed by atoms with Gasteiger partial charge in [0.15, 0.2) is 0 Å². The molecule has 3 nitrogen and oxygen atoms in total. The molecule has 1 aliphatic rings. The summed E-state index contributed by atoms with van der Waals surface area (Å²) in [4.78, 5) is 0. The largest absolute Gasteiger partial charge is 0.497 e. The van der Waals surface area contributed by atoms with Gasteiger partial charge in [0, 0.05) is 0 Å². The van der Waals surface area contributed by atoms with Crippen LogP contribution in [0.25, 0.3) is 6.08 Å². The predicted octanol–water partition coefficient (Wildman–Crippen LogP) is 2.71. The fourth-order valence-corrected chi connectivity index (χ4v) is 2.80. The summed E-state index contributed by atoms with van der Waals surface area (Å²) in [5.41, 5.74) is -0.932. The maximum atomic E-state index is 10.9. The van der Waals surface area contributed by atoms with Crippen molar-refractivity contribution in [2.45, 2.75) is 38.4 Å². The molecule has 0 saturated carbocycles. The Morgan fingerprint density at radius 1 is 1.32 bits per heavy atom. The van der Waals surface area contributed by atoms with Gasteiger partial charge >= 0.3 is 0 Å². The number of methoxy groups -OCH3 is 1. The number of rotatable bonds is 3. The highest BCUT2D eigenvalue weighted by Gasteiger charge is 2.50. The summed E-state index contributed by atoms with van der Waals surface area (Å²) >= 11 is 0. The molecule has 0 amide bonds. The van der Waals surface area contributed by atoms with E-state index in [1.165, 1.54) is 0 Å². The van der Waals surface area contributed by atoms with E-state index in [2.05, 4.69) is 0 Å². The maximum absolute atomic E-state index is 10.9. The van der Waals surface area contributed by atoms with Crippen LogP contribution in [0, 0.1) is 5.92 Å². The third kappa shape index (κ3) is 1.97. The van der Waals surface area contributed by atoms with E-state index < -0.39 is 11.2 Å². The summed E-state index contributed by atoms with van der Waals surface area (Å²) in [5, 5.41) is 21.7. The van der Waals surface area contributed by atoms with E-state index in [-0.39, 0.29) is 5.92 Å². The molecule has 3 heteroatoms.